The van der Waals surface area contributed by atoms with E-state index in [0.29, 0.717) is 12.4 Å². The van der Waals surface area contributed by atoms with Crippen molar-refractivity contribution in [3.63, 3.8) is 0 Å². The van der Waals surface area contributed by atoms with Crippen LogP contribution in [0.15, 0.2) is 42.5 Å². The smallest absolute Gasteiger partial charge is 0.132 e. The second-order valence-corrected chi connectivity index (χ2v) is 4.63. The zero-order valence-corrected chi connectivity index (χ0v) is 11.1. The van der Waals surface area contributed by atoms with Gasteiger partial charge in [0.2, 0.25) is 0 Å². The monoisotopic (exact) mass is 260 g/mol. The number of aliphatic hydroxyl groups is 1. The highest BCUT2D eigenvalue weighted by Crippen LogP contribution is 2.22. The number of rotatable bonds is 4. The number of aryl methyl sites for hydroxylation is 1. The highest BCUT2D eigenvalue weighted by atomic mass is 19.1. The number of aliphatic hydroxyl groups excluding tert-OH is 1. The zero-order valence-electron chi connectivity index (χ0n) is 11.1. The fraction of sp³-hybridized carbons (Fsp3) is 0.250. The van der Waals surface area contributed by atoms with Crippen molar-refractivity contribution < 1.29 is 14.2 Å². The average molecular weight is 260 g/mol. The van der Waals surface area contributed by atoms with Crippen LogP contribution >= 0.6 is 0 Å². The topological polar surface area (TPSA) is 29.5 Å². The van der Waals surface area contributed by atoms with E-state index in [1.54, 1.807) is 12.1 Å². The highest BCUT2D eigenvalue weighted by Gasteiger charge is 2.09. The molecule has 2 aromatic carbocycles. The molecule has 0 fully saturated rings. The lowest BCUT2D eigenvalue weighted by molar-refractivity contribution is 0.194. The number of halogens is 1. The first-order valence-corrected chi connectivity index (χ1v) is 6.22. The van der Waals surface area contributed by atoms with Crippen LogP contribution in [0, 0.1) is 12.7 Å². The van der Waals surface area contributed by atoms with Crippen LogP contribution in [-0.2, 0) is 6.61 Å². The molecule has 19 heavy (non-hydrogen) atoms. The summed E-state index contributed by atoms with van der Waals surface area (Å²) in [4.78, 5) is 0. The molecule has 0 saturated heterocycles. The molecule has 2 nitrogen and oxygen atoms in total. The van der Waals surface area contributed by atoms with Crippen LogP contribution in [0.2, 0.25) is 0 Å². The molecule has 0 spiro atoms. The summed E-state index contributed by atoms with van der Waals surface area (Å²) in [6.07, 6.45) is -0.814. The summed E-state index contributed by atoms with van der Waals surface area (Å²) in [5.41, 5.74) is 2.50. The molecule has 0 unspecified atom stereocenters. The number of benzene rings is 2. The lowest BCUT2D eigenvalue weighted by Gasteiger charge is -2.10. The van der Waals surface area contributed by atoms with E-state index < -0.39 is 11.9 Å². The predicted octanol–water partition coefficient (Wildman–Crippen LogP) is 3.77. The molecule has 2 aromatic rings. The van der Waals surface area contributed by atoms with E-state index in [1.165, 1.54) is 18.6 Å². The number of hydrogen-bond acceptors (Lipinski definition) is 2. The lowest BCUT2D eigenvalue weighted by Crippen LogP contribution is -1.99. The molecular formula is C16H17FO2. The maximum atomic E-state index is 13.6. The maximum absolute atomic E-state index is 13.6. The van der Waals surface area contributed by atoms with E-state index in [1.807, 2.05) is 31.2 Å². The van der Waals surface area contributed by atoms with Gasteiger partial charge in [-0.05, 0) is 31.5 Å². The number of hydrogen-bond donors (Lipinski definition) is 1. The highest BCUT2D eigenvalue weighted by molar-refractivity contribution is 5.30. The molecule has 0 aliphatic rings. The van der Waals surface area contributed by atoms with Gasteiger partial charge in [0.1, 0.15) is 18.2 Å². The first-order chi connectivity index (χ1) is 9.06. The second kappa shape index (κ2) is 5.85. The molecule has 0 saturated carbocycles. The van der Waals surface area contributed by atoms with Gasteiger partial charge in [0.25, 0.3) is 0 Å². The molecule has 0 amide bonds. The van der Waals surface area contributed by atoms with Gasteiger partial charge >= 0.3 is 0 Å². The molecule has 0 aliphatic carbocycles. The van der Waals surface area contributed by atoms with Crippen LogP contribution in [0.4, 0.5) is 4.39 Å². The molecule has 1 atom stereocenters. The summed E-state index contributed by atoms with van der Waals surface area (Å²) >= 11 is 0. The van der Waals surface area contributed by atoms with Crippen molar-refractivity contribution in [3.05, 3.63) is 65.0 Å². The Morgan fingerprint density at radius 2 is 1.84 bits per heavy atom. The van der Waals surface area contributed by atoms with Gasteiger partial charge in [0.15, 0.2) is 0 Å². The lowest BCUT2D eigenvalue weighted by atomic mass is 10.1. The summed E-state index contributed by atoms with van der Waals surface area (Å²) in [7, 11) is 0. The fourth-order valence-corrected chi connectivity index (χ4v) is 1.79. The van der Waals surface area contributed by atoms with Gasteiger partial charge in [-0.3, -0.25) is 0 Å². The van der Waals surface area contributed by atoms with E-state index in [9.17, 15) is 9.50 Å². The van der Waals surface area contributed by atoms with E-state index in [-0.39, 0.29) is 5.56 Å². The van der Waals surface area contributed by atoms with Crippen molar-refractivity contribution in [3.8, 4) is 5.75 Å². The van der Waals surface area contributed by atoms with Crippen LogP contribution in [0.5, 0.6) is 5.75 Å². The first-order valence-electron chi connectivity index (χ1n) is 6.22. The van der Waals surface area contributed by atoms with Gasteiger partial charge in [-0.25, -0.2) is 4.39 Å². The minimum atomic E-state index is -0.814. The van der Waals surface area contributed by atoms with Crippen LogP contribution in [0.25, 0.3) is 0 Å². The molecule has 0 radical (unpaired) electrons. The Morgan fingerprint density at radius 3 is 2.42 bits per heavy atom. The van der Waals surface area contributed by atoms with Crippen molar-refractivity contribution >= 4 is 0 Å². The van der Waals surface area contributed by atoms with E-state index in [2.05, 4.69) is 0 Å². The molecule has 0 heterocycles. The van der Waals surface area contributed by atoms with Crippen molar-refractivity contribution in [1.29, 1.82) is 0 Å². The van der Waals surface area contributed by atoms with Crippen LogP contribution in [-0.4, -0.2) is 5.11 Å². The Balaban J connectivity index is 2.04. The Labute approximate surface area is 112 Å². The normalized spacial score (nSPS) is 12.2. The summed E-state index contributed by atoms with van der Waals surface area (Å²) < 4.78 is 19.2. The average Bonchev–Trinajstić information content (AvgIpc) is 2.37. The van der Waals surface area contributed by atoms with E-state index in [0.717, 1.165) is 5.56 Å². The quantitative estimate of drug-likeness (QED) is 0.906. The minimum absolute atomic E-state index is 0.280. The van der Waals surface area contributed by atoms with E-state index in [4.69, 9.17) is 4.74 Å². The second-order valence-electron chi connectivity index (χ2n) is 4.63. The molecule has 0 aliphatic heterocycles. The van der Waals surface area contributed by atoms with Gasteiger partial charge in [-0.15, -0.1) is 0 Å². The van der Waals surface area contributed by atoms with Crippen LogP contribution in [0.1, 0.15) is 29.7 Å². The van der Waals surface area contributed by atoms with Gasteiger partial charge < -0.3 is 9.84 Å². The Bertz CT molecular complexity index is 547. The SMILES string of the molecule is Cc1ccc(COc2ccc([C@@H](C)O)c(F)c2)cc1. The van der Waals surface area contributed by atoms with Gasteiger partial charge in [0, 0.05) is 11.6 Å². The molecule has 1 N–H and O–H groups in total. The fourth-order valence-electron chi connectivity index (χ4n) is 1.79. The molecule has 2 rings (SSSR count). The summed E-state index contributed by atoms with van der Waals surface area (Å²) in [5, 5.41) is 9.35. The number of ether oxygens (including phenoxy) is 1. The third-order valence-corrected chi connectivity index (χ3v) is 2.95. The third kappa shape index (κ3) is 3.55. The Hall–Kier alpha value is -1.87. The van der Waals surface area contributed by atoms with E-state index >= 15 is 0 Å². The minimum Gasteiger partial charge on any atom is -0.489 e. The first kappa shape index (κ1) is 13.6. The van der Waals surface area contributed by atoms with Gasteiger partial charge in [-0.1, -0.05) is 29.8 Å². The van der Waals surface area contributed by atoms with Gasteiger partial charge in [0.05, 0.1) is 6.10 Å². The van der Waals surface area contributed by atoms with Crippen molar-refractivity contribution in [1.82, 2.24) is 0 Å². The molecular weight excluding hydrogens is 243 g/mol. The summed E-state index contributed by atoms with van der Waals surface area (Å²) in [6, 6.07) is 12.5. The van der Waals surface area contributed by atoms with Crippen LogP contribution in [0.3, 0.4) is 0 Å². The predicted molar refractivity (Wildman–Crippen MR) is 72.5 cm³/mol. The van der Waals surface area contributed by atoms with Crippen molar-refractivity contribution in [2.24, 2.45) is 0 Å². The largest absolute Gasteiger partial charge is 0.489 e. The standard InChI is InChI=1S/C16H17FO2/c1-11-3-5-13(6-4-11)10-19-14-7-8-15(12(2)18)16(17)9-14/h3-9,12,18H,10H2,1-2H3/t12-/m1/s1. The Morgan fingerprint density at radius 1 is 1.16 bits per heavy atom. The van der Waals surface area contributed by atoms with Crippen LogP contribution < -0.4 is 4.74 Å². The summed E-state index contributed by atoms with van der Waals surface area (Å²) in [6.45, 7) is 3.95. The van der Waals surface area contributed by atoms with Crippen molar-refractivity contribution in [2.75, 3.05) is 0 Å². The molecule has 0 aromatic heterocycles. The zero-order chi connectivity index (χ0) is 13.8. The maximum Gasteiger partial charge on any atom is 0.132 e. The molecule has 0 bridgehead atoms. The molecule has 100 valence electrons. The molecule has 3 heteroatoms. The summed E-state index contributed by atoms with van der Waals surface area (Å²) in [5.74, 6) is 0.0129. The van der Waals surface area contributed by atoms with Crippen molar-refractivity contribution in [2.45, 2.75) is 26.6 Å². The Kier molecular flexibility index (Phi) is 4.17. The van der Waals surface area contributed by atoms with Gasteiger partial charge in [-0.2, -0.15) is 0 Å². The third-order valence-electron chi connectivity index (χ3n) is 2.95.